The van der Waals surface area contributed by atoms with E-state index in [2.05, 4.69) is 4.90 Å². The van der Waals surface area contributed by atoms with Crippen molar-refractivity contribution in [3.63, 3.8) is 0 Å². The molecule has 3 fully saturated rings. The summed E-state index contributed by atoms with van der Waals surface area (Å²) in [5.41, 5.74) is 6.26. The monoisotopic (exact) mass is 657 g/mol. The zero-order valence-corrected chi connectivity index (χ0v) is 26.9. The van der Waals surface area contributed by atoms with Gasteiger partial charge in [0.25, 0.3) is 0 Å². The number of carbonyl (C=O) groups is 2. The van der Waals surface area contributed by atoms with Gasteiger partial charge in [-0.05, 0) is 72.6 Å². The fourth-order valence-electron chi connectivity index (χ4n) is 7.46. The average molecular weight is 659 g/mol. The number of carboxylic acid groups (broad SMARTS) is 1. The molecule has 2 saturated heterocycles. The van der Waals surface area contributed by atoms with Crippen LogP contribution in [0.5, 0.6) is 5.75 Å². The summed E-state index contributed by atoms with van der Waals surface area (Å²) < 4.78 is 37.8. The molecule has 0 spiro atoms. The van der Waals surface area contributed by atoms with Crippen LogP contribution in [0.15, 0.2) is 54.6 Å². The number of nitrogens with zero attached hydrogens (tertiary/aromatic N) is 2. The maximum Gasteiger partial charge on any atom is 0.335 e. The summed E-state index contributed by atoms with van der Waals surface area (Å²) in [4.78, 5) is 30.4. The van der Waals surface area contributed by atoms with E-state index < -0.39 is 47.3 Å². The number of benzene rings is 3. The first-order valence-corrected chi connectivity index (χ1v) is 15.6. The third-order valence-corrected chi connectivity index (χ3v) is 9.90. The number of amides is 1. The second-order valence-corrected chi connectivity index (χ2v) is 14.3. The largest absolute Gasteiger partial charge is 0.495 e. The van der Waals surface area contributed by atoms with E-state index in [-0.39, 0.29) is 49.7 Å². The lowest BCUT2D eigenvalue weighted by atomic mass is 9.68. The summed E-state index contributed by atoms with van der Waals surface area (Å²) in [6, 6.07) is 11.6. The number of carboxylic acids is 1. The van der Waals surface area contributed by atoms with Gasteiger partial charge in [-0.2, -0.15) is 0 Å². The van der Waals surface area contributed by atoms with E-state index in [1.165, 1.54) is 37.4 Å². The Morgan fingerprint density at radius 1 is 1.11 bits per heavy atom. The smallest absolute Gasteiger partial charge is 0.335 e. The lowest BCUT2D eigenvalue weighted by Gasteiger charge is -2.44. The number of nitrogens with two attached hydrogens (primary N) is 1. The highest BCUT2D eigenvalue weighted by molar-refractivity contribution is 6.31. The van der Waals surface area contributed by atoms with Crippen LogP contribution in [0.1, 0.15) is 67.4 Å². The number of halogens is 4. The van der Waals surface area contributed by atoms with Crippen molar-refractivity contribution < 1.29 is 28.2 Å². The summed E-state index contributed by atoms with van der Waals surface area (Å²) in [6.07, 6.45) is 1.59. The van der Waals surface area contributed by atoms with Crippen LogP contribution in [0.3, 0.4) is 0 Å². The molecule has 1 amide bonds. The molecule has 3 N–H and O–H groups in total. The van der Waals surface area contributed by atoms with Crippen molar-refractivity contribution in [2.24, 2.45) is 17.1 Å². The van der Waals surface area contributed by atoms with Gasteiger partial charge in [0.1, 0.15) is 23.4 Å². The van der Waals surface area contributed by atoms with E-state index in [0.29, 0.717) is 12.1 Å². The number of methoxy groups -OCH3 is 1. The number of hydrogen-bond donors (Lipinski definition) is 2. The fraction of sp³-hybridized carbons (Fsp3) is 0.412. The van der Waals surface area contributed by atoms with Crippen molar-refractivity contribution in [2.45, 2.75) is 69.7 Å². The molecule has 2 aliphatic heterocycles. The molecule has 1 saturated carbocycles. The standard InChI is InChI=1S/C34H35Cl2F2N3O4/c1-33(2,3)16-26-34(39,21-12-11-19(35)15-23(21)37)27(20-6-5-7-22(36)28(20)38)29-31(42)40(30(41(26)29)17-8-9-17)24-13-10-18(32(43)44)14-25(24)45-4/h5-7,10-15,17,26-27,29-30H,8-9,16,39H2,1-4H3,(H,43,44)/t26-,27-,29+,30+,34+/m0/s1. The highest BCUT2D eigenvalue weighted by Gasteiger charge is 2.69. The molecule has 238 valence electrons. The van der Waals surface area contributed by atoms with Gasteiger partial charge in [0.15, 0.2) is 0 Å². The molecule has 45 heavy (non-hydrogen) atoms. The maximum atomic E-state index is 16.1. The van der Waals surface area contributed by atoms with Gasteiger partial charge in [-0.25, -0.2) is 13.6 Å². The second-order valence-electron chi connectivity index (χ2n) is 13.5. The molecule has 3 aromatic rings. The quantitative estimate of drug-likeness (QED) is 0.279. The van der Waals surface area contributed by atoms with Gasteiger partial charge >= 0.3 is 5.97 Å². The van der Waals surface area contributed by atoms with Gasteiger partial charge in [0, 0.05) is 22.5 Å². The van der Waals surface area contributed by atoms with Crippen LogP contribution in [0.2, 0.25) is 10.0 Å². The molecular formula is C34H35Cl2F2N3O4. The molecule has 2 heterocycles. The number of ether oxygens (including phenoxy) is 1. The Bertz CT molecular complexity index is 1690. The summed E-state index contributed by atoms with van der Waals surface area (Å²) in [5.74, 6) is -3.64. The highest BCUT2D eigenvalue weighted by Crippen LogP contribution is 2.60. The van der Waals surface area contributed by atoms with Gasteiger partial charge in [-0.1, -0.05) is 62.2 Å². The predicted octanol–water partition coefficient (Wildman–Crippen LogP) is 7.19. The highest BCUT2D eigenvalue weighted by atomic mass is 35.5. The molecule has 3 aliphatic rings. The van der Waals surface area contributed by atoms with E-state index in [1.54, 1.807) is 29.2 Å². The lowest BCUT2D eigenvalue weighted by molar-refractivity contribution is -0.119. The van der Waals surface area contributed by atoms with E-state index in [4.69, 9.17) is 33.7 Å². The molecular weight excluding hydrogens is 623 g/mol. The molecule has 7 nitrogen and oxygen atoms in total. The summed E-state index contributed by atoms with van der Waals surface area (Å²) in [5, 5.41) is 9.66. The molecule has 0 aromatic heterocycles. The van der Waals surface area contributed by atoms with Gasteiger partial charge in [0.05, 0.1) is 35.1 Å². The van der Waals surface area contributed by atoms with Crippen LogP contribution in [0, 0.1) is 23.0 Å². The molecule has 0 bridgehead atoms. The van der Waals surface area contributed by atoms with Crippen molar-refractivity contribution in [1.29, 1.82) is 0 Å². The zero-order chi connectivity index (χ0) is 32.6. The number of anilines is 1. The number of fused-ring (bicyclic) bond motifs is 1. The third kappa shape index (κ3) is 5.18. The van der Waals surface area contributed by atoms with E-state index in [0.717, 1.165) is 12.8 Å². The second kappa shape index (κ2) is 11.2. The summed E-state index contributed by atoms with van der Waals surface area (Å²) in [7, 11) is 1.42. The average Bonchev–Trinajstić information content (AvgIpc) is 3.73. The molecule has 6 rings (SSSR count). The SMILES string of the molecule is COc1cc(C(=O)O)ccc1N1C(=O)[C@H]2[C@H](c3cccc(Cl)c3F)[C@@](N)(c3ccc(Cl)cc3F)[C@H](CC(C)(C)C)N2[C@@H]1C1CC1. The minimum absolute atomic E-state index is 0.00870. The van der Waals surface area contributed by atoms with Crippen LogP contribution in [-0.4, -0.2) is 47.2 Å². The van der Waals surface area contributed by atoms with E-state index in [9.17, 15) is 14.7 Å². The van der Waals surface area contributed by atoms with Crippen molar-refractivity contribution >= 4 is 40.8 Å². The Kier molecular flexibility index (Phi) is 7.92. The predicted molar refractivity (Wildman–Crippen MR) is 169 cm³/mol. The molecule has 0 radical (unpaired) electrons. The lowest BCUT2D eigenvalue weighted by Crippen LogP contribution is -2.57. The molecule has 5 atom stereocenters. The fourth-order valence-corrected chi connectivity index (χ4v) is 7.80. The van der Waals surface area contributed by atoms with Crippen molar-refractivity contribution in [3.8, 4) is 5.75 Å². The van der Waals surface area contributed by atoms with Crippen LogP contribution in [0.25, 0.3) is 0 Å². The third-order valence-electron chi connectivity index (χ3n) is 9.37. The van der Waals surface area contributed by atoms with E-state index >= 15 is 8.78 Å². The van der Waals surface area contributed by atoms with Gasteiger partial charge in [0.2, 0.25) is 5.91 Å². The summed E-state index contributed by atoms with van der Waals surface area (Å²) in [6.45, 7) is 6.14. The van der Waals surface area contributed by atoms with Crippen LogP contribution < -0.4 is 15.4 Å². The first kappa shape index (κ1) is 31.7. The molecule has 11 heteroatoms. The van der Waals surface area contributed by atoms with Gasteiger partial charge < -0.3 is 15.6 Å². The Hall–Kier alpha value is -3.24. The number of hydrogen-bond acceptors (Lipinski definition) is 5. The number of aromatic carboxylic acids is 1. The van der Waals surface area contributed by atoms with Crippen LogP contribution in [-0.2, 0) is 10.3 Å². The first-order chi connectivity index (χ1) is 21.2. The van der Waals surface area contributed by atoms with Crippen LogP contribution >= 0.6 is 23.2 Å². The van der Waals surface area contributed by atoms with Crippen LogP contribution in [0.4, 0.5) is 14.5 Å². The van der Waals surface area contributed by atoms with Gasteiger partial charge in [-0.15, -0.1) is 0 Å². The normalized spacial score (nSPS) is 26.8. The molecule has 0 unspecified atom stereocenters. The number of carbonyl (C=O) groups excluding carboxylic acids is 1. The Morgan fingerprint density at radius 2 is 1.82 bits per heavy atom. The zero-order valence-electron chi connectivity index (χ0n) is 25.4. The topological polar surface area (TPSA) is 96.1 Å². The Morgan fingerprint density at radius 3 is 2.42 bits per heavy atom. The van der Waals surface area contributed by atoms with Crippen molar-refractivity contribution in [2.75, 3.05) is 12.0 Å². The first-order valence-electron chi connectivity index (χ1n) is 14.9. The Labute approximate surface area is 270 Å². The van der Waals surface area contributed by atoms with Crippen molar-refractivity contribution in [3.05, 3.63) is 93.0 Å². The van der Waals surface area contributed by atoms with Crippen molar-refractivity contribution in [1.82, 2.24) is 4.90 Å². The summed E-state index contributed by atoms with van der Waals surface area (Å²) >= 11 is 12.5. The van der Waals surface area contributed by atoms with E-state index in [1.807, 2.05) is 20.8 Å². The Balaban J connectivity index is 1.64. The molecule has 3 aromatic carbocycles. The minimum atomic E-state index is -1.58. The maximum absolute atomic E-state index is 16.1. The number of rotatable bonds is 7. The molecule has 1 aliphatic carbocycles. The minimum Gasteiger partial charge on any atom is -0.495 e. The van der Waals surface area contributed by atoms with Gasteiger partial charge in [-0.3, -0.25) is 14.6 Å².